The van der Waals surface area contributed by atoms with Gasteiger partial charge in [-0.25, -0.2) is 4.39 Å². The summed E-state index contributed by atoms with van der Waals surface area (Å²) in [5.74, 6) is -3.04. The third-order valence-electron chi connectivity index (χ3n) is 2.57. The SMILES string of the molecule is CCOC(=O)C(Cc1cc(F)ccc1Cl)C(=O)OCC. The highest BCUT2D eigenvalue weighted by Gasteiger charge is 2.30. The predicted octanol–water partition coefficient (Wildman–Crippen LogP) is 2.76. The van der Waals surface area contributed by atoms with Crippen molar-refractivity contribution in [3.05, 3.63) is 34.6 Å². The molecule has 0 aliphatic heterocycles. The van der Waals surface area contributed by atoms with Crippen LogP contribution in [0.5, 0.6) is 0 Å². The Balaban J connectivity index is 2.96. The van der Waals surface area contributed by atoms with Gasteiger partial charge in [-0.2, -0.15) is 0 Å². The molecular formula is C14H16ClFO4. The van der Waals surface area contributed by atoms with Crippen LogP contribution in [-0.4, -0.2) is 25.2 Å². The van der Waals surface area contributed by atoms with Crippen LogP contribution in [0.3, 0.4) is 0 Å². The van der Waals surface area contributed by atoms with E-state index in [4.69, 9.17) is 21.1 Å². The Labute approximate surface area is 121 Å². The minimum Gasteiger partial charge on any atom is -0.465 e. The van der Waals surface area contributed by atoms with E-state index in [-0.39, 0.29) is 24.7 Å². The third-order valence-corrected chi connectivity index (χ3v) is 2.94. The Hall–Kier alpha value is -1.62. The summed E-state index contributed by atoms with van der Waals surface area (Å²) in [6, 6.07) is 3.77. The Morgan fingerprint density at radius 1 is 1.20 bits per heavy atom. The van der Waals surface area contributed by atoms with Crippen molar-refractivity contribution in [2.45, 2.75) is 20.3 Å². The molecule has 0 radical (unpaired) electrons. The molecule has 0 N–H and O–H groups in total. The molecule has 1 rings (SSSR count). The van der Waals surface area contributed by atoms with E-state index in [1.165, 1.54) is 18.2 Å². The summed E-state index contributed by atoms with van der Waals surface area (Å²) in [6.45, 7) is 3.56. The van der Waals surface area contributed by atoms with Gasteiger partial charge in [0.1, 0.15) is 5.82 Å². The van der Waals surface area contributed by atoms with Gasteiger partial charge in [0.15, 0.2) is 5.92 Å². The van der Waals surface area contributed by atoms with E-state index < -0.39 is 23.7 Å². The molecule has 0 atom stereocenters. The molecule has 0 aliphatic carbocycles. The normalized spacial score (nSPS) is 10.4. The van der Waals surface area contributed by atoms with Gasteiger partial charge >= 0.3 is 11.9 Å². The third kappa shape index (κ3) is 4.49. The number of ether oxygens (including phenoxy) is 2. The van der Waals surface area contributed by atoms with E-state index in [9.17, 15) is 14.0 Å². The summed E-state index contributed by atoms with van der Waals surface area (Å²) >= 11 is 5.93. The van der Waals surface area contributed by atoms with E-state index in [1.54, 1.807) is 13.8 Å². The molecule has 0 bridgehead atoms. The fraction of sp³-hybridized carbons (Fsp3) is 0.429. The maximum Gasteiger partial charge on any atom is 0.320 e. The first-order chi connectivity index (χ1) is 9.49. The minimum absolute atomic E-state index is 0.0613. The van der Waals surface area contributed by atoms with E-state index >= 15 is 0 Å². The summed E-state index contributed by atoms with van der Waals surface area (Å²) in [7, 11) is 0. The van der Waals surface area contributed by atoms with Gasteiger partial charge in [-0.1, -0.05) is 11.6 Å². The molecule has 0 unspecified atom stereocenters. The van der Waals surface area contributed by atoms with Crippen molar-refractivity contribution in [1.29, 1.82) is 0 Å². The zero-order valence-corrected chi connectivity index (χ0v) is 12.1. The molecule has 0 spiro atoms. The summed E-state index contributed by atoms with van der Waals surface area (Å²) in [4.78, 5) is 23.6. The average molecular weight is 303 g/mol. The van der Waals surface area contributed by atoms with Gasteiger partial charge in [0, 0.05) is 5.02 Å². The second-order valence-corrected chi connectivity index (χ2v) is 4.40. The number of esters is 2. The van der Waals surface area contributed by atoms with Gasteiger partial charge in [-0.3, -0.25) is 9.59 Å². The summed E-state index contributed by atoms with van der Waals surface area (Å²) in [5.41, 5.74) is 0.359. The molecule has 0 aliphatic rings. The van der Waals surface area contributed by atoms with Crippen LogP contribution in [0.1, 0.15) is 19.4 Å². The maximum absolute atomic E-state index is 13.2. The van der Waals surface area contributed by atoms with Crippen molar-refractivity contribution in [1.82, 2.24) is 0 Å². The fourth-order valence-corrected chi connectivity index (χ4v) is 1.86. The Morgan fingerprint density at radius 2 is 1.75 bits per heavy atom. The van der Waals surface area contributed by atoms with Crippen molar-refractivity contribution in [3.63, 3.8) is 0 Å². The summed E-state index contributed by atoms with van der Waals surface area (Å²) < 4.78 is 22.9. The highest BCUT2D eigenvalue weighted by molar-refractivity contribution is 6.31. The molecule has 0 amide bonds. The molecule has 6 heteroatoms. The zero-order valence-electron chi connectivity index (χ0n) is 11.3. The van der Waals surface area contributed by atoms with Crippen LogP contribution in [0.15, 0.2) is 18.2 Å². The number of hydrogen-bond acceptors (Lipinski definition) is 4. The van der Waals surface area contributed by atoms with Crippen LogP contribution < -0.4 is 0 Å². The van der Waals surface area contributed by atoms with Crippen molar-refractivity contribution >= 4 is 23.5 Å². The molecule has 4 nitrogen and oxygen atoms in total. The van der Waals surface area contributed by atoms with Crippen molar-refractivity contribution in [3.8, 4) is 0 Å². The molecule has 0 fully saturated rings. The van der Waals surface area contributed by atoms with Crippen LogP contribution >= 0.6 is 11.6 Å². The van der Waals surface area contributed by atoms with Gasteiger partial charge in [-0.05, 0) is 44.0 Å². The number of rotatable bonds is 6. The van der Waals surface area contributed by atoms with Crippen LogP contribution in [0.25, 0.3) is 0 Å². The molecule has 1 aromatic rings. The van der Waals surface area contributed by atoms with Gasteiger partial charge in [0.25, 0.3) is 0 Å². The fourth-order valence-electron chi connectivity index (χ4n) is 1.67. The number of benzene rings is 1. The van der Waals surface area contributed by atoms with Crippen LogP contribution in [-0.2, 0) is 25.5 Å². The van der Waals surface area contributed by atoms with Gasteiger partial charge in [0.2, 0.25) is 0 Å². The first-order valence-corrected chi connectivity index (χ1v) is 6.64. The van der Waals surface area contributed by atoms with Gasteiger partial charge < -0.3 is 9.47 Å². The lowest BCUT2D eigenvalue weighted by Gasteiger charge is -2.15. The largest absolute Gasteiger partial charge is 0.465 e. The Morgan fingerprint density at radius 3 is 2.25 bits per heavy atom. The van der Waals surface area contributed by atoms with E-state index in [0.29, 0.717) is 5.56 Å². The number of halogens is 2. The second kappa shape index (κ2) is 7.85. The summed E-state index contributed by atoms with van der Waals surface area (Å²) in [6.07, 6.45) is -0.0613. The van der Waals surface area contributed by atoms with Crippen molar-refractivity contribution in [2.75, 3.05) is 13.2 Å². The Bertz CT molecular complexity index is 472. The molecule has 0 saturated heterocycles. The lowest BCUT2D eigenvalue weighted by atomic mass is 9.99. The highest BCUT2D eigenvalue weighted by atomic mass is 35.5. The van der Waals surface area contributed by atoms with E-state index in [1.807, 2.05) is 0 Å². The first kappa shape index (κ1) is 16.4. The van der Waals surface area contributed by atoms with Crippen LogP contribution in [0.2, 0.25) is 5.02 Å². The quantitative estimate of drug-likeness (QED) is 0.599. The van der Waals surface area contributed by atoms with E-state index in [0.717, 1.165) is 0 Å². The molecule has 0 saturated carbocycles. The maximum atomic E-state index is 13.2. The molecule has 0 aromatic heterocycles. The van der Waals surface area contributed by atoms with Gasteiger partial charge in [-0.15, -0.1) is 0 Å². The lowest BCUT2D eigenvalue weighted by Crippen LogP contribution is -2.30. The molecule has 110 valence electrons. The number of hydrogen-bond donors (Lipinski definition) is 0. The number of carbonyl (C=O) groups excluding carboxylic acids is 2. The average Bonchev–Trinajstić information content (AvgIpc) is 2.40. The van der Waals surface area contributed by atoms with Gasteiger partial charge in [0.05, 0.1) is 13.2 Å². The van der Waals surface area contributed by atoms with E-state index in [2.05, 4.69) is 0 Å². The van der Waals surface area contributed by atoms with Crippen molar-refractivity contribution in [2.24, 2.45) is 5.92 Å². The summed E-state index contributed by atoms with van der Waals surface area (Å²) in [5, 5.41) is 0.282. The van der Waals surface area contributed by atoms with Crippen LogP contribution in [0, 0.1) is 11.7 Å². The highest BCUT2D eigenvalue weighted by Crippen LogP contribution is 2.22. The smallest absolute Gasteiger partial charge is 0.320 e. The zero-order chi connectivity index (χ0) is 15.1. The van der Waals surface area contributed by atoms with Crippen LogP contribution in [0.4, 0.5) is 4.39 Å². The molecule has 0 heterocycles. The first-order valence-electron chi connectivity index (χ1n) is 6.26. The standard InChI is InChI=1S/C14H16ClFO4/c1-3-19-13(17)11(14(18)20-4-2)8-9-7-10(16)5-6-12(9)15/h5-7,11H,3-4,8H2,1-2H3. The van der Waals surface area contributed by atoms with Crippen molar-refractivity contribution < 1.29 is 23.5 Å². The second-order valence-electron chi connectivity index (χ2n) is 4.00. The number of carbonyl (C=O) groups is 2. The predicted molar refractivity (Wildman–Crippen MR) is 71.9 cm³/mol. The Kier molecular flexibility index (Phi) is 6.45. The lowest BCUT2D eigenvalue weighted by molar-refractivity contribution is -0.161. The minimum atomic E-state index is -1.14. The molecular weight excluding hydrogens is 287 g/mol. The topological polar surface area (TPSA) is 52.6 Å². The molecule has 1 aromatic carbocycles. The molecule has 20 heavy (non-hydrogen) atoms. The monoisotopic (exact) mass is 302 g/mol.